The average Bonchev–Trinajstić information content (AvgIpc) is 2.53. The number of hydrogen-bond acceptors (Lipinski definition) is 2. The molecule has 3 rings (SSSR count). The first kappa shape index (κ1) is 17.1. The maximum absolute atomic E-state index is 13.1. The minimum absolute atomic E-state index is 0.0879. The van der Waals surface area contributed by atoms with Gasteiger partial charge in [0.1, 0.15) is 0 Å². The average molecular weight is 341 g/mol. The zero-order chi connectivity index (χ0) is 16.6. The monoisotopic (exact) mass is 340 g/mol. The molecule has 2 aliphatic carbocycles. The number of amides is 2. The number of rotatable bonds is 1. The molecule has 0 bridgehead atoms. The van der Waals surface area contributed by atoms with Crippen molar-refractivity contribution in [2.45, 2.75) is 88.7 Å². The number of alkyl halides is 1. The molecule has 3 aliphatic rings. The molecule has 23 heavy (non-hydrogen) atoms. The molecule has 0 radical (unpaired) electrons. The molecule has 1 saturated heterocycles. The second-order valence-corrected chi connectivity index (χ2v) is 8.26. The van der Waals surface area contributed by atoms with Gasteiger partial charge in [0.25, 0.3) is 0 Å². The fourth-order valence-electron chi connectivity index (χ4n) is 5.00. The van der Waals surface area contributed by atoms with Gasteiger partial charge in [0, 0.05) is 30.8 Å². The Balaban J connectivity index is 1.78. The molecule has 0 aromatic rings. The van der Waals surface area contributed by atoms with Gasteiger partial charge in [0.05, 0.1) is 12.1 Å². The van der Waals surface area contributed by atoms with Crippen LogP contribution in [0.1, 0.15) is 65.2 Å². The highest BCUT2D eigenvalue weighted by atomic mass is 35.5. The summed E-state index contributed by atoms with van der Waals surface area (Å²) in [4.78, 5) is 29.4. The van der Waals surface area contributed by atoms with Crippen LogP contribution < -0.4 is 0 Å². The van der Waals surface area contributed by atoms with Crippen LogP contribution in [-0.4, -0.2) is 51.7 Å². The maximum Gasteiger partial charge on any atom is 0.226 e. The summed E-state index contributed by atoms with van der Waals surface area (Å²) in [6, 6.07) is 0.544. The number of piperazine rings is 1. The predicted octanol–water partition coefficient (Wildman–Crippen LogP) is 3.17. The van der Waals surface area contributed by atoms with Gasteiger partial charge in [-0.05, 0) is 39.0 Å². The third-order valence-corrected chi connectivity index (χ3v) is 6.39. The van der Waals surface area contributed by atoms with Crippen molar-refractivity contribution in [1.82, 2.24) is 9.80 Å². The Kier molecular flexibility index (Phi) is 5.19. The largest absolute Gasteiger partial charge is 0.335 e. The summed E-state index contributed by atoms with van der Waals surface area (Å²) in [5.74, 6) is 0.534. The van der Waals surface area contributed by atoms with E-state index in [0.29, 0.717) is 12.5 Å². The highest BCUT2D eigenvalue weighted by Crippen LogP contribution is 2.36. The molecule has 1 heterocycles. The molecular weight excluding hydrogens is 312 g/mol. The van der Waals surface area contributed by atoms with E-state index >= 15 is 0 Å². The molecule has 0 aromatic carbocycles. The van der Waals surface area contributed by atoms with Crippen molar-refractivity contribution in [1.29, 1.82) is 0 Å². The number of halogens is 1. The lowest BCUT2D eigenvalue weighted by Gasteiger charge is -2.53. The van der Waals surface area contributed by atoms with Gasteiger partial charge in [-0.2, -0.15) is 0 Å². The van der Waals surface area contributed by atoms with Crippen LogP contribution in [0.2, 0.25) is 0 Å². The quantitative estimate of drug-likeness (QED) is 0.688. The van der Waals surface area contributed by atoms with Crippen molar-refractivity contribution >= 4 is 23.4 Å². The Hall–Kier alpha value is -0.770. The molecule has 3 fully saturated rings. The van der Waals surface area contributed by atoms with E-state index in [0.717, 1.165) is 51.4 Å². The topological polar surface area (TPSA) is 40.6 Å². The van der Waals surface area contributed by atoms with Crippen LogP contribution in [0.5, 0.6) is 0 Å². The van der Waals surface area contributed by atoms with Crippen molar-refractivity contribution in [2.24, 2.45) is 5.92 Å². The fraction of sp³-hybridized carbons (Fsp3) is 0.889. The van der Waals surface area contributed by atoms with Crippen LogP contribution in [0.4, 0.5) is 0 Å². The van der Waals surface area contributed by atoms with Gasteiger partial charge in [0.2, 0.25) is 11.8 Å². The Morgan fingerprint density at radius 2 is 1.70 bits per heavy atom. The standard InChI is InChI=1S/C18H29ClN2O2/c1-12-11-20(18(23)14-6-5-7-15(19)10-14)16-8-3-4-9-17(16)21(12)13(2)22/h12,14-17H,3-11H2,1-2H3/t12-,14?,15?,16?,17?/m0/s1. The summed E-state index contributed by atoms with van der Waals surface area (Å²) < 4.78 is 0. The third kappa shape index (κ3) is 3.38. The smallest absolute Gasteiger partial charge is 0.226 e. The Morgan fingerprint density at radius 3 is 2.35 bits per heavy atom. The molecule has 4 unspecified atom stereocenters. The minimum Gasteiger partial charge on any atom is -0.335 e. The Bertz CT molecular complexity index is 470. The van der Waals surface area contributed by atoms with Crippen LogP contribution in [-0.2, 0) is 9.59 Å². The van der Waals surface area contributed by atoms with E-state index in [-0.39, 0.29) is 35.3 Å². The van der Waals surface area contributed by atoms with Gasteiger partial charge in [0.15, 0.2) is 0 Å². The van der Waals surface area contributed by atoms with E-state index in [1.807, 2.05) is 4.90 Å². The summed E-state index contributed by atoms with van der Waals surface area (Å²) in [5, 5.41) is 0.149. The molecule has 1 aliphatic heterocycles. The van der Waals surface area contributed by atoms with Crippen molar-refractivity contribution in [3.8, 4) is 0 Å². The van der Waals surface area contributed by atoms with E-state index < -0.39 is 0 Å². The predicted molar refractivity (Wildman–Crippen MR) is 91.3 cm³/mol. The summed E-state index contributed by atoms with van der Waals surface area (Å²) in [6.45, 7) is 4.43. The zero-order valence-corrected chi connectivity index (χ0v) is 15.1. The lowest BCUT2D eigenvalue weighted by molar-refractivity contribution is -0.156. The van der Waals surface area contributed by atoms with E-state index in [1.165, 1.54) is 0 Å². The molecule has 2 saturated carbocycles. The fourth-order valence-corrected chi connectivity index (χ4v) is 5.37. The first-order chi connectivity index (χ1) is 11.0. The Labute approximate surface area is 144 Å². The van der Waals surface area contributed by atoms with E-state index in [4.69, 9.17) is 11.6 Å². The van der Waals surface area contributed by atoms with Gasteiger partial charge < -0.3 is 9.80 Å². The van der Waals surface area contributed by atoms with Crippen LogP contribution in [0.15, 0.2) is 0 Å². The third-order valence-electron chi connectivity index (χ3n) is 5.99. The highest BCUT2D eigenvalue weighted by Gasteiger charge is 2.45. The van der Waals surface area contributed by atoms with E-state index in [2.05, 4.69) is 11.8 Å². The van der Waals surface area contributed by atoms with Crippen LogP contribution in [0.25, 0.3) is 0 Å². The molecule has 130 valence electrons. The lowest BCUT2D eigenvalue weighted by atomic mass is 9.82. The number of nitrogens with zero attached hydrogens (tertiary/aromatic N) is 2. The van der Waals surface area contributed by atoms with Gasteiger partial charge in [-0.1, -0.05) is 19.3 Å². The number of carbonyl (C=O) groups is 2. The summed E-state index contributed by atoms with van der Waals surface area (Å²) in [5.41, 5.74) is 0. The molecule has 5 atom stereocenters. The summed E-state index contributed by atoms with van der Waals surface area (Å²) >= 11 is 6.30. The number of hydrogen-bond donors (Lipinski definition) is 0. The SMILES string of the molecule is CC(=O)N1C2CCCCC2N(C(=O)C2CCCC(Cl)C2)C[C@@H]1C. The molecule has 4 nitrogen and oxygen atoms in total. The first-order valence-electron chi connectivity index (χ1n) is 9.22. The lowest BCUT2D eigenvalue weighted by Crippen LogP contribution is -2.66. The number of carbonyl (C=O) groups excluding carboxylic acids is 2. The molecule has 0 aromatic heterocycles. The molecular formula is C18H29ClN2O2. The van der Waals surface area contributed by atoms with Gasteiger partial charge >= 0.3 is 0 Å². The first-order valence-corrected chi connectivity index (χ1v) is 9.66. The van der Waals surface area contributed by atoms with Gasteiger partial charge in [-0.15, -0.1) is 11.6 Å². The van der Waals surface area contributed by atoms with Gasteiger partial charge in [-0.25, -0.2) is 0 Å². The minimum atomic E-state index is 0.0879. The van der Waals surface area contributed by atoms with E-state index in [9.17, 15) is 9.59 Å². The van der Waals surface area contributed by atoms with E-state index in [1.54, 1.807) is 6.92 Å². The van der Waals surface area contributed by atoms with Crippen molar-refractivity contribution in [3.05, 3.63) is 0 Å². The van der Waals surface area contributed by atoms with Crippen molar-refractivity contribution in [2.75, 3.05) is 6.54 Å². The molecule has 5 heteroatoms. The van der Waals surface area contributed by atoms with Crippen LogP contribution >= 0.6 is 11.6 Å². The van der Waals surface area contributed by atoms with Gasteiger partial charge in [-0.3, -0.25) is 9.59 Å². The zero-order valence-electron chi connectivity index (χ0n) is 14.3. The molecule has 0 spiro atoms. The summed E-state index contributed by atoms with van der Waals surface area (Å²) in [6.07, 6.45) is 8.26. The van der Waals surface area contributed by atoms with Crippen molar-refractivity contribution in [3.63, 3.8) is 0 Å². The second-order valence-electron chi connectivity index (χ2n) is 7.65. The highest BCUT2D eigenvalue weighted by molar-refractivity contribution is 6.20. The Morgan fingerprint density at radius 1 is 1.00 bits per heavy atom. The summed E-state index contributed by atoms with van der Waals surface area (Å²) in [7, 11) is 0. The van der Waals surface area contributed by atoms with Crippen LogP contribution in [0.3, 0.4) is 0 Å². The molecule has 2 amide bonds. The normalized spacial score (nSPS) is 38.1. The maximum atomic E-state index is 13.1. The number of fused-ring (bicyclic) bond motifs is 1. The second kappa shape index (κ2) is 7.00. The molecule has 0 N–H and O–H groups in total. The van der Waals surface area contributed by atoms with Crippen LogP contribution in [0, 0.1) is 5.92 Å². The van der Waals surface area contributed by atoms with Crippen molar-refractivity contribution < 1.29 is 9.59 Å².